The van der Waals surface area contributed by atoms with Crippen LogP contribution in [0.15, 0.2) is 39.7 Å². The molecule has 122 valence electrons. The number of carbonyl (C=O) groups excluding carboxylic acids is 1. The number of nitrogens with zero attached hydrogens (tertiary/aromatic N) is 1. The van der Waals surface area contributed by atoms with Crippen LogP contribution >= 0.6 is 0 Å². The smallest absolute Gasteiger partial charge is 0.261 e. The van der Waals surface area contributed by atoms with Crippen molar-refractivity contribution in [2.75, 3.05) is 13.1 Å². The summed E-state index contributed by atoms with van der Waals surface area (Å²) in [5.41, 5.74) is 0.279. The number of amides is 1. The zero-order valence-electron chi connectivity index (χ0n) is 13.3. The molecule has 0 spiro atoms. The van der Waals surface area contributed by atoms with E-state index in [4.69, 9.17) is 4.42 Å². The molecule has 23 heavy (non-hydrogen) atoms. The Kier molecular flexibility index (Phi) is 4.34. The van der Waals surface area contributed by atoms with Crippen molar-refractivity contribution in [2.45, 2.75) is 32.4 Å². The van der Waals surface area contributed by atoms with Crippen LogP contribution in [0.4, 0.5) is 0 Å². The number of aromatic amines is 1. The normalized spacial score (nSPS) is 18.5. The second-order valence-electron chi connectivity index (χ2n) is 6.14. The van der Waals surface area contributed by atoms with Crippen LogP contribution < -0.4 is 10.9 Å². The van der Waals surface area contributed by atoms with E-state index in [2.05, 4.69) is 29.0 Å². The van der Waals surface area contributed by atoms with E-state index in [0.29, 0.717) is 17.5 Å². The molecule has 0 aromatic carbocycles. The van der Waals surface area contributed by atoms with Gasteiger partial charge in [-0.1, -0.05) is 0 Å². The fraction of sp³-hybridized carbons (Fsp3) is 0.412. The number of hydrogen-bond donors (Lipinski definition) is 2. The summed E-state index contributed by atoms with van der Waals surface area (Å²) in [5.74, 6) is 0.241. The largest absolute Gasteiger partial charge is 0.463 e. The highest BCUT2D eigenvalue weighted by atomic mass is 16.3. The summed E-state index contributed by atoms with van der Waals surface area (Å²) in [5, 5.41) is 2.95. The molecule has 0 aliphatic carbocycles. The second kappa shape index (κ2) is 6.42. The lowest BCUT2D eigenvalue weighted by atomic mass is 10.2. The standard InChI is InChI=1S/C17H21N3O3/c1-11(2)20-8-7-12(10-20)18-16(21)13-5-6-14(19-17(13)22)15-4-3-9-23-15/h3-6,9,11-12H,7-8,10H2,1-2H3,(H,18,21)(H,19,22). The number of pyridine rings is 1. The van der Waals surface area contributed by atoms with E-state index >= 15 is 0 Å². The van der Waals surface area contributed by atoms with Crippen LogP contribution in [-0.4, -0.2) is 41.0 Å². The zero-order valence-corrected chi connectivity index (χ0v) is 13.3. The van der Waals surface area contributed by atoms with Crippen LogP contribution in [-0.2, 0) is 0 Å². The van der Waals surface area contributed by atoms with Crippen LogP contribution in [0.3, 0.4) is 0 Å². The summed E-state index contributed by atoms with van der Waals surface area (Å²) >= 11 is 0. The topological polar surface area (TPSA) is 78.3 Å². The van der Waals surface area contributed by atoms with Crippen molar-refractivity contribution in [3.8, 4) is 11.5 Å². The van der Waals surface area contributed by atoms with E-state index in [-0.39, 0.29) is 17.5 Å². The molecule has 1 saturated heterocycles. The highest BCUT2D eigenvalue weighted by Crippen LogP contribution is 2.16. The van der Waals surface area contributed by atoms with Gasteiger partial charge >= 0.3 is 0 Å². The molecule has 1 unspecified atom stereocenters. The molecule has 2 N–H and O–H groups in total. The van der Waals surface area contributed by atoms with Crippen molar-refractivity contribution in [1.82, 2.24) is 15.2 Å². The lowest BCUT2D eigenvalue weighted by Crippen LogP contribution is -2.40. The first-order valence-electron chi connectivity index (χ1n) is 7.86. The number of likely N-dealkylation sites (tertiary alicyclic amines) is 1. The number of carbonyl (C=O) groups is 1. The van der Waals surface area contributed by atoms with E-state index in [9.17, 15) is 9.59 Å². The summed E-state index contributed by atoms with van der Waals surface area (Å²) < 4.78 is 5.24. The average molecular weight is 315 g/mol. The Balaban J connectivity index is 1.70. The van der Waals surface area contributed by atoms with Crippen molar-refractivity contribution in [1.29, 1.82) is 0 Å². The van der Waals surface area contributed by atoms with Crippen molar-refractivity contribution in [3.05, 3.63) is 46.4 Å². The molecular formula is C17H21N3O3. The van der Waals surface area contributed by atoms with E-state index < -0.39 is 5.56 Å². The molecule has 3 heterocycles. The summed E-state index contributed by atoms with van der Waals surface area (Å²) in [6.45, 7) is 6.08. The van der Waals surface area contributed by atoms with Gasteiger partial charge in [0.25, 0.3) is 11.5 Å². The number of H-pyrrole nitrogens is 1. The van der Waals surface area contributed by atoms with Crippen molar-refractivity contribution >= 4 is 5.91 Å². The number of furan rings is 1. The highest BCUT2D eigenvalue weighted by molar-refractivity contribution is 5.94. The SMILES string of the molecule is CC(C)N1CCC(NC(=O)c2ccc(-c3ccco3)[nH]c2=O)C1. The summed E-state index contributed by atoms with van der Waals surface area (Å²) in [6.07, 6.45) is 2.45. The fourth-order valence-electron chi connectivity index (χ4n) is 2.87. The minimum atomic E-state index is -0.407. The first-order chi connectivity index (χ1) is 11.0. The predicted molar refractivity (Wildman–Crippen MR) is 87.3 cm³/mol. The van der Waals surface area contributed by atoms with Gasteiger partial charge in [-0.25, -0.2) is 0 Å². The van der Waals surface area contributed by atoms with E-state index in [1.807, 2.05) is 0 Å². The van der Waals surface area contributed by atoms with Gasteiger partial charge in [0.1, 0.15) is 11.3 Å². The molecule has 0 saturated carbocycles. The average Bonchev–Trinajstić information content (AvgIpc) is 3.18. The van der Waals surface area contributed by atoms with Crippen molar-refractivity contribution in [3.63, 3.8) is 0 Å². The monoisotopic (exact) mass is 315 g/mol. The molecule has 3 rings (SSSR count). The third-order valence-corrected chi connectivity index (χ3v) is 4.23. The van der Waals surface area contributed by atoms with E-state index in [0.717, 1.165) is 19.5 Å². The van der Waals surface area contributed by atoms with Gasteiger partial charge in [0.15, 0.2) is 0 Å². The third-order valence-electron chi connectivity index (χ3n) is 4.23. The molecule has 1 atom stereocenters. The Hall–Kier alpha value is -2.34. The maximum Gasteiger partial charge on any atom is 0.261 e. The Labute approximate surface area is 134 Å². The van der Waals surface area contributed by atoms with Crippen LogP contribution in [0.5, 0.6) is 0 Å². The minimum absolute atomic E-state index is 0.0917. The Morgan fingerprint density at radius 2 is 2.22 bits per heavy atom. The van der Waals surface area contributed by atoms with Gasteiger partial charge in [-0.15, -0.1) is 0 Å². The number of nitrogens with one attached hydrogen (secondary N) is 2. The first kappa shape index (κ1) is 15.6. The van der Waals surface area contributed by atoms with Crippen LogP contribution in [0.25, 0.3) is 11.5 Å². The maximum atomic E-state index is 12.3. The third kappa shape index (κ3) is 3.37. The predicted octanol–water partition coefficient (Wildman–Crippen LogP) is 1.85. The van der Waals surface area contributed by atoms with E-state index in [1.54, 1.807) is 24.3 Å². The molecule has 2 aromatic heterocycles. The number of rotatable bonds is 4. The van der Waals surface area contributed by atoms with Crippen LogP contribution in [0, 0.1) is 0 Å². The van der Waals surface area contributed by atoms with Gasteiger partial charge in [-0.2, -0.15) is 0 Å². The molecule has 1 aliphatic rings. The van der Waals surface area contributed by atoms with Crippen molar-refractivity contribution in [2.24, 2.45) is 0 Å². The highest BCUT2D eigenvalue weighted by Gasteiger charge is 2.26. The summed E-state index contributed by atoms with van der Waals surface area (Å²) in [4.78, 5) is 29.5. The maximum absolute atomic E-state index is 12.3. The Bertz CT molecular complexity index is 734. The van der Waals surface area contributed by atoms with Gasteiger partial charge in [-0.3, -0.25) is 14.5 Å². The Morgan fingerprint density at radius 1 is 1.39 bits per heavy atom. The second-order valence-corrected chi connectivity index (χ2v) is 6.14. The quantitative estimate of drug-likeness (QED) is 0.902. The van der Waals surface area contributed by atoms with Gasteiger partial charge in [0.2, 0.25) is 0 Å². The molecule has 6 heteroatoms. The molecule has 6 nitrogen and oxygen atoms in total. The number of hydrogen-bond acceptors (Lipinski definition) is 4. The fourth-order valence-corrected chi connectivity index (χ4v) is 2.87. The van der Waals surface area contributed by atoms with E-state index in [1.165, 1.54) is 6.26 Å². The molecule has 0 bridgehead atoms. The lowest BCUT2D eigenvalue weighted by Gasteiger charge is -2.20. The molecule has 1 aliphatic heterocycles. The molecule has 2 aromatic rings. The summed E-state index contributed by atoms with van der Waals surface area (Å²) in [6, 6.07) is 7.28. The summed E-state index contributed by atoms with van der Waals surface area (Å²) in [7, 11) is 0. The number of aromatic nitrogens is 1. The van der Waals surface area contributed by atoms with Crippen LogP contribution in [0.1, 0.15) is 30.6 Å². The molecule has 1 amide bonds. The Morgan fingerprint density at radius 3 is 2.83 bits per heavy atom. The van der Waals surface area contributed by atoms with Gasteiger partial charge in [0.05, 0.1) is 12.0 Å². The van der Waals surface area contributed by atoms with Crippen molar-refractivity contribution < 1.29 is 9.21 Å². The zero-order chi connectivity index (χ0) is 16.4. The van der Waals surface area contributed by atoms with Crippen LogP contribution in [0.2, 0.25) is 0 Å². The first-order valence-corrected chi connectivity index (χ1v) is 7.86. The van der Waals surface area contributed by atoms with Gasteiger partial charge < -0.3 is 14.7 Å². The van der Waals surface area contributed by atoms with Gasteiger partial charge in [0, 0.05) is 25.2 Å². The molecule has 0 radical (unpaired) electrons. The molecular weight excluding hydrogens is 294 g/mol. The lowest BCUT2D eigenvalue weighted by molar-refractivity contribution is 0.0935. The van der Waals surface area contributed by atoms with Gasteiger partial charge in [-0.05, 0) is 44.5 Å². The molecule has 1 fully saturated rings. The minimum Gasteiger partial charge on any atom is -0.463 e.